The molecule has 1 unspecified atom stereocenters. The minimum absolute atomic E-state index is 0.0710. The second-order valence-electron chi connectivity index (χ2n) is 5.54. The van der Waals surface area contributed by atoms with Gasteiger partial charge in [-0.25, -0.2) is 0 Å². The summed E-state index contributed by atoms with van der Waals surface area (Å²) in [5.74, 6) is 1.75. The van der Waals surface area contributed by atoms with Crippen molar-refractivity contribution in [3.63, 3.8) is 0 Å². The Labute approximate surface area is 120 Å². The summed E-state index contributed by atoms with van der Waals surface area (Å²) >= 11 is 0. The van der Waals surface area contributed by atoms with Gasteiger partial charge >= 0.3 is 0 Å². The van der Waals surface area contributed by atoms with Crippen molar-refractivity contribution < 1.29 is 13.9 Å². The number of hydrogen-bond donors (Lipinski definition) is 2. The molecule has 1 aliphatic rings. The van der Waals surface area contributed by atoms with Gasteiger partial charge in [-0.2, -0.15) is 0 Å². The van der Waals surface area contributed by atoms with Crippen LogP contribution in [0.1, 0.15) is 37.3 Å². The Hall–Kier alpha value is -1.33. The van der Waals surface area contributed by atoms with Gasteiger partial charge in [0.1, 0.15) is 17.6 Å². The lowest BCUT2D eigenvalue weighted by Crippen LogP contribution is -2.43. The van der Waals surface area contributed by atoms with Gasteiger partial charge in [-0.1, -0.05) is 0 Å². The number of nitrogens with one attached hydrogen (secondary N) is 2. The molecule has 5 nitrogen and oxygen atoms in total. The molecule has 20 heavy (non-hydrogen) atoms. The van der Waals surface area contributed by atoms with Gasteiger partial charge in [-0.05, 0) is 45.4 Å². The van der Waals surface area contributed by atoms with Crippen LogP contribution in [0.25, 0.3) is 0 Å². The third kappa shape index (κ3) is 3.84. The number of carbonyl (C=O) groups excluding carboxylic acids is 1. The lowest BCUT2D eigenvalue weighted by Gasteiger charge is -2.28. The van der Waals surface area contributed by atoms with Gasteiger partial charge in [0.2, 0.25) is 5.91 Å². The number of aryl methyl sites for hydroxylation is 1. The maximum absolute atomic E-state index is 12.4. The average Bonchev–Trinajstić information content (AvgIpc) is 2.85. The van der Waals surface area contributed by atoms with Crippen molar-refractivity contribution in [3.05, 3.63) is 23.7 Å². The number of rotatable bonds is 5. The summed E-state index contributed by atoms with van der Waals surface area (Å²) in [4.78, 5) is 12.4. The molecule has 1 aromatic rings. The highest BCUT2D eigenvalue weighted by Gasteiger charge is 2.27. The molecule has 112 valence electrons. The maximum Gasteiger partial charge on any atom is 0.223 e. The first-order valence-corrected chi connectivity index (χ1v) is 7.19. The van der Waals surface area contributed by atoms with Crippen LogP contribution in [0.4, 0.5) is 0 Å². The van der Waals surface area contributed by atoms with Crippen molar-refractivity contribution in [2.45, 2.75) is 38.8 Å². The smallest absolute Gasteiger partial charge is 0.223 e. The molecule has 0 radical (unpaired) electrons. The number of amides is 1. The zero-order valence-corrected chi connectivity index (χ0v) is 12.4. The molecule has 1 saturated heterocycles. The molecule has 0 aliphatic carbocycles. The van der Waals surface area contributed by atoms with Crippen LogP contribution in [0, 0.1) is 12.8 Å². The molecule has 0 bridgehead atoms. The molecule has 0 aromatic carbocycles. The number of methoxy groups -OCH3 is 1. The number of carbonyl (C=O) groups is 1. The Balaban J connectivity index is 1.98. The Kier molecular flexibility index (Phi) is 5.20. The van der Waals surface area contributed by atoms with Crippen LogP contribution in [0.15, 0.2) is 16.5 Å². The molecule has 3 atom stereocenters. The summed E-state index contributed by atoms with van der Waals surface area (Å²) in [6.07, 6.45) is 1.76. The van der Waals surface area contributed by atoms with Crippen molar-refractivity contribution in [2.75, 3.05) is 20.3 Å². The van der Waals surface area contributed by atoms with Crippen molar-refractivity contribution in [1.82, 2.24) is 10.6 Å². The zero-order chi connectivity index (χ0) is 14.5. The van der Waals surface area contributed by atoms with E-state index in [1.54, 1.807) is 7.11 Å². The molecular weight excluding hydrogens is 256 g/mol. The second kappa shape index (κ2) is 6.90. The van der Waals surface area contributed by atoms with E-state index in [1.165, 1.54) is 0 Å². The van der Waals surface area contributed by atoms with Crippen molar-refractivity contribution in [1.29, 1.82) is 0 Å². The fourth-order valence-corrected chi connectivity index (χ4v) is 2.66. The SMILES string of the molecule is COCC(NC(=O)[C@H]1CCN[C@@H](C)C1)c1ccc(C)o1. The molecule has 2 heterocycles. The van der Waals surface area contributed by atoms with E-state index >= 15 is 0 Å². The van der Waals surface area contributed by atoms with Gasteiger partial charge in [0, 0.05) is 19.1 Å². The number of ether oxygens (including phenoxy) is 1. The topological polar surface area (TPSA) is 63.5 Å². The normalized spacial score (nSPS) is 24.4. The van der Waals surface area contributed by atoms with Crippen molar-refractivity contribution in [2.24, 2.45) is 5.92 Å². The third-order valence-corrected chi connectivity index (χ3v) is 3.75. The summed E-state index contributed by atoms with van der Waals surface area (Å²) in [6, 6.07) is 3.97. The number of furan rings is 1. The van der Waals surface area contributed by atoms with E-state index < -0.39 is 0 Å². The Morgan fingerprint density at radius 2 is 2.40 bits per heavy atom. The molecule has 1 aliphatic heterocycles. The summed E-state index contributed by atoms with van der Waals surface area (Å²) in [5, 5.41) is 6.41. The largest absolute Gasteiger partial charge is 0.464 e. The predicted molar refractivity (Wildman–Crippen MR) is 76.4 cm³/mol. The van der Waals surface area contributed by atoms with Crippen LogP contribution < -0.4 is 10.6 Å². The first kappa shape index (κ1) is 15.1. The van der Waals surface area contributed by atoms with Crippen LogP contribution in [-0.4, -0.2) is 32.2 Å². The fourth-order valence-electron chi connectivity index (χ4n) is 2.66. The molecule has 2 N–H and O–H groups in total. The molecular formula is C15H24N2O3. The van der Waals surface area contributed by atoms with Crippen molar-refractivity contribution in [3.8, 4) is 0 Å². The molecule has 0 spiro atoms. The zero-order valence-electron chi connectivity index (χ0n) is 12.4. The highest BCUT2D eigenvalue weighted by molar-refractivity contribution is 5.79. The van der Waals surface area contributed by atoms with E-state index in [0.29, 0.717) is 12.6 Å². The van der Waals surface area contributed by atoms with Gasteiger partial charge in [-0.15, -0.1) is 0 Å². The molecule has 5 heteroatoms. The van der Waals surface area contributed by atoms with Crippen molar-refractivity contribution >= 4 is 5.91 Å². The van der Waals surface area contributed by atoms with E-state index in [1.807, 2.05) is 19.1 Å². The highest BCUT2D eigenvalue weighted by atomic mass is 16.5. The number of piperidine rings is 1. The third-order valence-electron chi connectivity index (χ3n) is 3.75. The summed E-state index contributed by atoms with van der Waals surface area (Å²) in [6.45, 7) is 5.32. The fraction of sp³-hybridized carbons (Fsp3) is 0.667. The van der Waals surface area contributed by atoms with Crippen LogP contribution in [-0.2, 0) is 9.53 Å². The highest BCUT2D eigenvalue weighted by Crippen LogP contribution is 2.20. The van der Waals surface area contributed by atoms with E-state index in [2.05, 4.69) is 17.6 Å². The predicted octanol–water partition coefficient (Wildman–Crippen LogP) is 1.78. The first-order valence-electron chi connectivity index (χ1n) is 7.19. The summed E-state index contributed by atoms with van der Waals surface area (Å²) < 4.78 is 10.8. The molecule has 1 amide bonds. The lowest BCUT2D eigenvalue weighted by atomic mass is 9.92. The lowest BCUT2D eigenvalue weighted by molar-refractivity contribution is -0.127. The minimum Gasteiger partial charge on any atom is -0.464 e. The summed E-state index contributed by atoms with van der Waals surface area (Å²) in [7, 11) is 1.63. The van der Waals surface area contributed by atoms with Gasteiger partial charge in [-0.3, -0.25) is 4.79 Å². The Morgan fingerprint density at radius 1 is 1.60 bits per heavy atom. The molecule has 1 fully saturated rings. The molecule has 1 aromatic heterocycles. The second-order valence-corrected chi connectivity index (χ2v) is 5.54. The molecule has 2 rings (SSSR count). The molecule has 0 saturated carbocycles. The quantitative estimate of drug-likeness (QED) is 0.863. The summed E-state index contributed by atoms with van der Waals surface area (Å²) in [5.41, 5.74) is 0. The van der Waals surface area contributed by atoms with Crippen LogP contribution in [0.5, 0.6) is 0 Å². The van der Waals surface area contributed by atoms with E-state index in [4.69, 9.17) is 9.15 Å². The maximum atomic E-state index is 12.4. The van der Waals surface area contributed by atoms with Gasteiger partial charge in [0.05, 0.1) is 6.61 Å². The Morgan fingerprint density at radius 3 is 3.00 bits per heavy atom. The Bertz CT molecular complexity index is 444. The average molecular weight is 280 g/mol. The van der Waals surface area contributed by atoms with E-state index in [9.17, 15) is 4.79 Å². The van der Waals surface area contributed by atoms with Gasteiger partial charge < -0.3 is 19.8 Å². The van der Waals surface area contributed by atoms with Gasteiger partial charge in [0.15, 0.2) is 0 Å². The van der Waals surface area contributed by atoms with E-state index in [0.717, 1.165) is 30.9 Å². The van der Waals surface area contributed by atoms with Crippen LogP contribution in [0.3, 0.4) is 0 Å². The monoisotopic (exact) mass is 280 g/mol. The van der Waals surface area contributed by atoms with Crippen LogP contribution in [0.2, 0.25) is 0 Å². The standard InChI is InChI=1S/C15H24N2O3/c1-10-8-12(6-7-16-10)15(18)17-13(9-19-3)14-5-4-11(2)20-14/h4-5,10,12-13,16H,6-9H2,1-3H3,(H,17,18)/t10-,12-,13?/m0/s1. The number of hydrogen-bond acceptors (Lipinski definition) is 4. The van der Waals surface area contributed by atoms with E-state index in [-0.39, 0.29) is 17.9 Å². The van der Waals surface area contributed by atoms with Gasteiger partial charge in [0.25, 0.3) is 0 Å². The first-order chi connectivity index (χ1) is 9.60. The minimum atomic E-state index is -0.216. The van der Waals surface area contributed by atoms with Crippen LogP contribution >= 0.6 is 0 Å².